The lowest BCUT2D eigenvalue weighted by atomic mass is 9.85. The van der Waals surface area contributed by atoms with Crippen molar-refractivity contribution in [2.75, 3.05) is 7.11 Å². The van der Waals surface area contributed by atoms with Crippen molar-refractivity contribution in [3.63, 3.8) is 0 Å². The van der Waals surface area contributed by atoms with Gasteiger partial charge >= 0.3 is 5.97 Å². The van der Waals surface area contributed by atoms with Crippen LogP contribution in [0.1, 0.15) is 49.7 Å². The number of aliphatic hydroxyl groups is 1. The molecule has 0 unspecified atom stereocenters. The Morgan fingerprint density at radius 1 is 1.43 bits per heavy atom. The molecule has 1 heterocycles. The second kappa shape index (κ2) is 5.66. The second-order valence-corrected chi connectivity index (χ2v) is 6.19. The van der Waals surface area contributed by atoms with Crippen LogP contribution in [-0.4, -0.2) is 35.9 Å². The summed E-state index contributed by atoms with van der Waals surface area (Å²) in [5, 5.41) is 13.9. The monoisotopic (exact) mass is 293 g/mol. The van der Waals surface area contributed by atoms with Crippen molar-refractivity contribution in [3.05, 3.63) is 29.3 Å². The fourth-order valence-electron chi connectivity index (χ4n) is 2.58. The zero-order valence-corrected chi connectivity index (χ0v) is 13.1. The Balaban J connectivity index is 2.48. The van der Waals surface area contributed by atoms with Gasteiger partial charge in [0.1, 0.15) is 17.5 Å². The molecule has 0 amide bonds. The van der Waals surface area contributed by atoms with E-state index in [-0.39, 0.29) is 12.1 Å². The number of nitrogens with one attached hydrogen (secondary N) is 1. The minimum Gasteiger partial charge on any atom is -0.485 e. The number of rotatable bonds is 3. The molecule has 0 aromatic heterocycles. The maximum Gasteiger partial charge on any atom is 0.337 e. The third-order valence-corrected chi connectivity index (χ3v) is 3.68. The summed E-state index contributed by atoms with van der Waals surface area (Å²) in [4.78, 5) is 11.7. The van der Waals surface area contributed by atoms with Crippen LogP contribution in [0.5, 0.6) is 5.75 Å². The Morgan fingerprint density at radius 3 is 2.67 bits per heavy atom. The molecule has 1 aromatic carbocycles. The Morgan fingerprint density at radius 2 is 2.10 bits per heavy atom. The zero-order chi connectivity index (χ0) is 15.8. The predicted octanol–water partition coefficient (Wildman–Crippen LogP) is 2.04. The maximum absolute atomic E-state index is 11.7. The molecule has 0 spiro atoms. The van der Waals surface area contributed by atoms with E-state index in [0.717, 1.165) is 5.56 Å². The lowest BCUT2D eigenvalue weighted by Gasteiger charge is -2.43. The van der Waals surface area contributed by atoms with E-state index in [1.165, 1.54) is 7.11 Å². The molecule has 0 fully saturated rings. The lowest BCUT2D eigenvalue weighted by Crippen LogP contribution is -2.53. The van der Waals surface area contributed by atoms with Crippen LogP contribution >= 0.6 is 0 Å². The lowest BCUT2D eigenvalue weighted by molar-refractivity contribution is -0.0659. The fourth-order valence-corrected chi connectivity index (χ4v) is 2.58. The summed E-state index contributed by atoms with van der Waals surface area (Å²) in [6.07, 6.45) is -0.722. The van der Waals surface area contributed by atoms with Crippen LogP contribution in [0, 0.1) is 0 Å². The van der Waals surface area contributed by atoms with Crippen molar-refractivity contribution in [1.82, 2.24) is 5.32 Å². The average Bonchev–Trinajstić information content (AvgIpc) is 2.42. The third-order valence-electron chi connectivity index (χ3n) is 3.68. The van der Waals surface area contributed by atoms with Crippen molar-refractivity contribution < 1.29 is 19.4 Å². The Labute approximate surface area is 125 Å². The van der Waals surface area contributed by atoms with Gasteiger partial charge in [-0.2, -0.15) is 0 Å². The Bertz CT molecular complexity index is 539. The smallest absolute Gasteiger partial charge is 0.337 e. The number of aliphatic hydroxyl groups excluding tert-OH is 1. The number of ether oxygens (including phenoxy) is 2. The van der Waals surface area contributed by atoms with E-state index < -0.39 is 17.7 Å². The second-order valence-electron chi connectivity index (χ2n) is 6.19. The Kier molecular flexibility index (Phi) is 4.25. The van der Waals surface area contributed by atoms with Gasteiger partial charge in [0.25, 0.3) is 0 Å². The summed E-state index contributed by atoms with van der Waals surface area (Å²) in [5.41, 5.74) is 0.521. The standard InChI is InChI=1S/C16H23NO4/c1-9(2)17-13-11-8-10(15(19)20-5)6-7-12(11)21-16(3,4)14(13)18/h6-9,13-14,17-18H,1-5H3/t13-,14+/m0/s1. The van der Waals surface area contributed by atoms with Gasteiger partial charge in [0, 0.05) is 11.6 Å². The van der Waals surface area contributed by atoms with E-state index in [0.29, 0.717) is 11.3 Å². The third kappa shape index (κ3) is 3.04. The largest absolute Gasteiger partial charge is 0.485 e. The van der Waals surface area contributed by atoms with Crippen LogP contribution in [0.2, 0.25) is 0 Å². The fraction of sp³-hybridized carbons (Fsp3) is 0.562. The van der Waals surface area contributed by atoms with Gasteiger partial charge in [0.15, 0.2) is 0 Å². The number of carbonyl (C=O) groups is 1. The summed E-state index contributed by atoms with van der Waals surface area (Å²) in [6, 6.07) is 5.04. The summed E-state index contributed by atoms with van der Waals surface area (Å²) < 4.78 is 10.6. The summed E-state index contributed by atoms with van der Waals surface area (Å²) in [6.45, 7) is 7.73. The quantitative estimate of drug-likeness (QED) is 0.835. The minimum atomic E-state index is -0.722. The van der Waals surface area contributed by atoms with Crippen LogP contribution in [0.15, 0.2) is 18.2 Å². The number of fused-ring (bicyclic) bond motifs is 1. The van der Waals surface area contributed by atoms with Crippen molar-refractivity contribution >= 4 is 5.97 Å². The van der Waals surface area contributed by atoms with Crippen LogP contribution in [0.3, 0.4) is 0 Å². The number of carbonyl (C=O) groups excluding carboxylic acids is 1. The maximum atomic E-state index is 11.7. The molecule has 116 valence electrons. The highest BCUT2D eigenvalue weighted by Crippen LogP contribution is 2.40. The van der Waals surface area contributed by atoms with Crippen molar-refractivity contribution in [1.29, 1.82) is 0 Å². The summed E-state index contributed by atoms with van der Waals surface area (Å²) in [5.74, 6) is 0.275. The SMILES string of the molecule is COC(=O)c1ccc2c(c1)[C@H](NC(C)C)[C@@H](O)C(C)(C)O2. The predicted molar refractivity (Wildman–Crippen MR) is 79.5 cm³/mol. The molecule has 0 aliphatic carbocycles. The first-order valence-electron chi connectivity index (χ1n) is 7.11. The first-order chi connectivity index (χ1) is 9.76. The molecule has 1 aromatic rings. The zero-order valence-electron chi connectivity index (χ0n) is 13.1. The molecule has 2 rings (SSSR count). The van der Waals surface area contributed by atoms with Crippen molar-refractivity contribution in [3.8, 4) is 5.75 Å². The highest BCUT2D eigenvalue weighted by molar-refractivity contribution is 5.89. The molecular weight excluding hydrogens is 270 g/mol. The van der Waals surface area contributed by atoms with Gasteiger partial charge in [-0.1, -0.05) is 13.8 Å². The summed E-state index contributed by atoms with van der Waals surface area (Å²) >= 11 is 0. The van der Waals surface area contributed by atoms with E-state index >= 15 is 0 Å². The van der Waals surface area contributed by atoms with Gasteiger partial charge in [0.2, 0.25) is 0 Å². The number of benzene rings is 1. The van der Waals surface area contributed by atoms with E-state index in [9.17, 15) is 9.90 Å². The highest BCUT2D eigenvalue weighted by Gasteiger charge is 2.43. The molecule has 0 bridgehead atoms. The molecule has 1 aliphatic rings. The molecule has 21 heavy (non-hydrogen) atoms. The van der Waals surface area contributed by atoms with Crippen LogP contribution in [0.4, 0.5) is 0 Å². The van der Waals surface area contributed by atoms with Crippen LogP contribution < -0.4 is 10.1 Å². The number of hydrogen-bond donors (Lipinski definition) is 2. The molecular formula is C16H23NO4. The molecule has 0 saturated carbocycles. The van der Waals surface area contributed by atoms with Crippen LogP contribution in [-0.2, 0) is 4.74 Å². The summed E-state index contributed by atoms with van der Waals surface area (Å²) in [7, 11) is 1.35. The first-order valence-corrected chi connectivity index (χ1v) is 7.11. The number of esters is 1. The van der Waals surface area contributed by atoms with Gasteiger partial charge in [-0.25, -0.2) is 4.79 Å². The molecule has 0 radical (unpaired) electrons. The average molecular weight is 293 g/mol. The normalized spacial score (nSPS) is 23.4. The topological polar surface area (TPSA) is 67.8 Å². The van der Waals surface area contributed by atoms with Gasteiger partial charge in [-0.3, -0.25) is 0 Å². The van der Waals surface area contributed by atoms with E-state index in [4.69, 9.17) is 9.47 Å². The molecule has 5 nitrogen and oxygen atoms in total. The minimum absolute atomic E-state index is 0.188. The van der Waals surface area contributed by atoms with E-state index in [1.807, 2.05) is 27.7 Å². The van der Waals surface area contributed by atoms with Gasteiger partial charge in [-0.05, 0) is 32.0 Å². The number of hydrogen-bond acceptors (Lipinski definition) is 5. The van der Waals surface area contributed by atoms with Crippen LogP contribution in [0.25, 0.3) is 0 Å². The van der Waals surface area contributed by atoms with Gasteiger partial charge in [0.05, 0.1) is 18.7 Å². The molecule has 5 heteroatoms. The first kappa shape index (κ1) is 15.8. The van der Waals surface area contributed by atoms with E-state index in [2.05, 4.69) is 5.32 Å². The molecule has 1 aliphatic heterocycles. The van der Waals surface area contributed by atoms with Crippen molar-refractivity contribution in [2.45, 2.75) is 51.5 Å². The van der Waals surface area contributed by atoms with E-state index in [1.54, 1.807) is 18.2 Å². The van der Waals surface area contributed by atoms with Crippen molar-refractivity contribution in [2.24, 2.45) is 0 Å². The highest BCUT2D eigenvalue weighted by atomic mass is 16.5. The Hall–Kier alpha value is -1.59. The number of methoxy groups -OCH3 is 1. The van der Waals surface area contributed by atoms with Gasteiger partial charge in [-0.15, -0.1) is 0 Å². The molecule has 2 N–H and O–H groups in total. The molecule has 2 atom stereocenters. The van der Waals surface area contributed by atoms with Gasteiger partial charge < -0.3 is 19.9 Å². The molecule has 0 saturated heterocycles.